The van der Waals surface area contributed by atoms with Crippen molar-refractivity contribution >= 4 is 34.6 Å². The maximum absolute atomic E-state index is 13.9. The molecule has 0 unspecified atom stereocenters. The van der Waals surface area contributed by atoms with E-state index >= 15 is 0 Å². The third-order valence-corrected chi connectivity index (χ3v) is 7.47. The average molecular weight is 505 g/mol. The summed E-state index contributed by atoms with van der Waals surface area (Å²) >= 11 is 1.51. The molecule has 4 rings (SSSR count). The van der Waals surface area contributed by atoms with Crippen LogP contribution in [0.15, 0.2) is 66.0 Å². The number of rotatable bonds is 9. The van der Waals surface area contributed by atoms with Crippen LogP contribution in [0, 0.1) is 0 Å². The number of nitrogens with zero attached hydrogens (tertiary/aromatic N) is 1. The molecule has 1 aliphatic carbocycles. The number of hydrogen-bond donors (Lipinski definition) is 1. The summed E-state index contributed by atoms with van der Waals surface area (Å²) in [6.07, 6.45) is 5.40. The minimum absolute atomic E-state index is 0.0580. The molecule has 188 valence electrons. The molecule has 1 atom stereocenters. The molecule has 7 heteroatoms. The van der Waals surface area contributed by atoms with E-state index in [1.807, 2.05) is 35.7 Å². The van der Waals surface area contributed by atoms with Crippen LogP contribution in [0.4, 0.5) is 5.69 Å². The fourth-order valence-electron chi connectivity index (χ4n) is 4.70. The van der Waals surface area contributed by atoms with E-state index in [-0.39, 0.29) is 30.1 Å². The van der Waals surface area contributed by atoms with E-state index < -0.39 is 6.04 Å². The van der Waals surface area contributed by atoms with E-state index in [2.05, 4.69) is 5.32 Å². The van der Waals surface area contributed by atoms with Gasteiger partial charge in [-0.3, -0.25) is 19.3 Å². The molecule has 1 saturated carbocycles. The van der Waals surface area contributed by atoms with E-state index in [0.717, 1.165) is 30.6 Å². The van der Waals surface area contributed by atoms with Crippen LogP contribution in [0.25, 0.3) is 0 Å². The van der Waals surface area contributed by atoms with Crippen molar-refractivity contribution in [2.45, 2.75) is 57.5 Å². The second-order valence-electron chi connectivity index (χ2n) is 9.15. The van der Waals surface area contributed by atoms with E-state index in [0.29, 0.717) is 22.6 Å². The lowest BCUT2D eigenvalue weighted by Crippen LogP contribution is -2.47. The number of thiophene rings is 1. The summed E-state index contributed by atoms with van der Waals surface area (Å²) < 4.78 is 5.44. The standard InChI is InChI=1S/C29H32N2O4S/c1-20(32)21-13-15-24(16-14-21)31(27(33)19-26-12-7-17-36-26)28(22-8-6-11-25(18-22)35-2)29(34)30-23-9-4-3-5-10-23/h6-8,11-18,23,28H,3-5,9-10,19H2,1-2H3,(H,30,34)/t28-/m1/s1. The summed E-state index contributed by atoms with van der Waals surface area (Å²) in [6.45, 7) is 1.51. The number of carbonyl (C=O) groups is 3. The molecule has 2 aromatic carbocycles. The number of hydrogen-bond acceptors (Lipinski definition) is 5. The molecule has 1 aliphatic rings. The Bertz CT molecular complexity index is 1180. The Morgan fingerprint density at radius 1 is 1.03 bits per heavy atom. The van der Waals surface area contributed by atoms with Crippen LogP contribution in [0.2, 0.25) is 0 Å². The Balaban J connectivity index is 1.77. The SMILES string of the molecule is COc1cccc([C@H](C(=O)NC2CCCCC2)N(C(=O)Cc2cccs2)c2ccc(C(C)=O)cc2)c1. The van der Waals surface area contributed by atoms with Gasteiger partial charge in [0.1, 0.15) is 11.8 Å². The van der Waals surface area contributed by atoms with E-state index in [4.69, 9.17) is 4.74 Å². The first-order chi connectivity index (χ1) is 17.5. The van der Waals surface area contributed by atoms with Crippen molar-refractivity contribution in [3.05, 3.63) is 82.0 Å². The molecule has 36 heavy (non-hydrogen) atoms. The van der Waals surface area contributed by atoms with Crippen molar-refractivity contribution in [3.8, 4) is 5.75 Å². The highest BCUT2D eigenvalue weighted by Gasteiger charge is 2.34. The largest absolute Gasteiger partial charge is 0.497 e. The van der Waals surface area contributed by atoms with E-state index in [1.54, 1.807) is 42.3 Å². The fourth-order valence-corrected chi connectivity index (χ4v) is 5.39. The van der Waals surface area contributed by atoms with Gasteiger partial charge in [0.2, 0.25) is 11.8 Å². The summed E-state index contributed by atoms with van der Waals surface area (Å²) in [5.41, 5.74) is 1.78. The Morgan fingerprint density at radius 2 is 1.78 bits per heavy atom. The third kappa shape index (κ3) is 6.21. The van der Waals surface area contributed by atoms with Gasteiger partial charge in [0.05, 0.1) is 13.5 Å². The number of benzene rings is 2. The van der Waals surface area contributed by atoms with Crippen LogP contribution in [-0.2, 0) is 16.0 Å². The van der Waals surface area contributed by atoms with Crippen LogP contribution in [0.5, 0.6) is 5.75 Å². The molecule has 6 nitrogen and oxygen atoms in total. The van der Waals surface area contributed by atoms with Gasteiger partial charge in [-0.2, -0.15) is 0 Å². The summed E-state index contributed by atoms with van der Waals surface area (Å²) in [5.74, 6) is 0.142. The molecule has 2 amide bonds. The van der Waals surface area contributed by atoms with Crippen molar-refractivity contribution in [2.24, 2.45) is 0 Å². The molecule has 0 saturated heterocycles. The van der Waals surface area contributed by atoms with E-state index in [1.165, 1.54) is 24.7 Å². The number of ether oxygens (including phenoxy) is 1. The molecule has 0 radical (unpaired) electrons. The second kappa shape index (κ2) is 12.0. The molecule has 1 fully saturated rings. The van der Waals surface area contributed by atoms with Crippen LogP contribution in [-0.4, -0.2) is 30.7 Å². The van der Waals surface area contributed by atoms with E-state index in [9.17, 15) is 14.4 Å². The molecule has 0 spiro atoms. The van der Waals surface area contributed by atoms with Gasteiger partial charge in [-0.15, -0.1) is 11.3 Å². The van der Waals surface area contributed by atoms with Crippen molar-refractivity contribution in [1.82, 2.24) is 5.32 Å². The molecule has 1 aromatic heterocycles. The van der Waals surface area contributed by atoms with Gasteiger partial charge >= 0.3 is 0 Å². The number of anilines is 1. The molecule has 0 bridgehead atoms. The van der Waals surface area contributed by atoms with Crippen molar-refractivity contribution in [3.63, 3.8) is 0 Å². The van der Waals surface area contributed by atoms with Crippen LogP contribution in [0.1, 0.15) is 65.9 Å². The number of ketones is 1. The summed E-state index contributed by atoms with van der Waals surface area (Å²) in [7, 11) is 1.58. The molecule has 3 aromatic rings. The lowest BCUT2D eigenvalue weighted by atomic mass is 9.94. The molecule has 1 N–H and O–H groups in total. The topological polar surface area (TPSA) is 75.7 Å². The predicted octanol–water partition coefficient (Wildman–Crippen LogP) is 5.73. The zero-order chi connectivity index (χ0) is 25.5. The van der Waals surface area contributed by atoms with Crippen molar-refractivity contribution in [1.29, 1.82) is 0 Å². The highest BCUT2D eigenvalue weighted by atomic mass is 32.1. The van der Waals surface area contributed by atoms with Crippen LogP contribution >= 0.6 is 11.3 Å². The zero-order valence-corrected chi connectivity index (χ0v) is 21.6. The Hall–Kier alpha value is -3.45. The fraction of sp³-hybridized carbons (Fsp3) is 0.345. The van der Waals surface area contributed by atoms with Crippen molar-refractivity contribution < 1.29 is 19.1 Å². The lowest BCUT2D eigenvalue weighted by molar-refractivity contribution is -0.127. The van der Waals surface area contributed by atoms with Gasteiger partial charge in [0.25, 0.3) is 0 Å². The number of methoxy groups -OCH3 is 1. The Kier molecular flexibility index (Phi) is 8.54. The van der Waals surface area contributed by atoms with Gasteiger partial charge in [0, 0.05) is 22.2 Å². The highest BCUT2D eigenvalue weighted by Crippen LogP contribution is 2.32. The molecule has 1 heterocycles. The van der Waals surface area contributed by atoms with Gasteiger partial charge in [0.15, 0.2) is 5.78 Å². The predicted molar refractivity (Wildman–Crippen MR) is 143 cm³/mol. The molecule has 0 aliphatic heterocycles. The Labute approximate surface area is 216 Å². The number of carbonyl (C=O) groups excluding carboxylic acids is 3. The molecular formula is C29H32N2O4S. The maximum Gasteiger partial charge on any atom is 0.248 e. The number of amides is 2. The average Bonchev–Trinajstić information content (AvgIpc) is 3.40. The second-order valence-corrected chi connectivity index (χ2v) is 10.2. The van der Waals surface area contributed by atoms with Gasteiger partial charge in [-0.1, -0.05) is 37.5 Å². The quantitative estimate of drug-likeness (QED) is 0.378. The van der Waals surface area contributed by atoms with Crippen LogP contribution in [0.3, 0.4) is 0 Å². The molecular weight excluding hydrogens is 472 g/mol. The lowest BCUT2D eigenvalue weighted by Gasteiger charge is -2.33. The zero-order valence-electron chi connectivity index (χ0n) is 20.7. The van der Waals surface area contributed by atoms with Crippen LogP contribution < -0.4 is 15.0 Å². The number of nitrogens with one attached hydrogen (secondary N) is 1. The minimum atomic E-state index is -0.891. The third-order valence-electron chi connectivity index (χ3n) is 6.59. The highest BCUT2D eigenvalue weighted by molar-refractivity contribution is 7.10. The van der Waals surface area contributed by atoms with Gasteiger partial charge in [-0.05, 0) is 73.2 Å². The first-order valence-corrected chi connectivity index (χ1v) is 13.2. The summed E-state index contributed by atoms with van der Waals surface area (Å²) in [5, 5.41) is 5.16. The van der Waals surface area contributed by atoms with Crippen molar-refractivity contribution in [2.75, 3.05) is 12.0 Å². The first-order valence-electron chi connectivity index (χ1n) is 12.4. The monoisotopic (exact) mass is 504 g/mol. The summed E-state index contributed by atoms with van der Waals surface area (Å²) in [6, 6.07) is 17.2. The van der Waals surface area contributed by atoms with Gasteiger partial charge in [-0.25, -0.2) is 0 Å². The first kappa shape index (κ1) is 25.6. The summed E-state index contributed by atoms with van der Waals surface area (Å²) in [4.78, 5) is 42.1. The Morgan fingerprint density at radius 3 is 2.42 bits per heavy atom. The maximum atomic E-state index is 13.9. The normalized spacial score (nSPS) is 14.6. The number of Topliss-reactive ketones (excluding diaryl/α,β-unsaturated/α-hetero) is 1. The van der Waals surface area contributed by atoms with Gasteiger partial charge < -0.3 is 10.1 Å². The minimum Gasteiger partial charge on any atom is -0.497 e. The smallest absolute Gasteiger partial charge is 0.248 e.